The third-order valence-corrected chi connectivity index (χ3v) is 5.66. The van der Waals surface area contributed by atoms with Crippen molar-refractivity contribution in [1.82, 2.24) is 14.4 Å². The van der Waals surface area contributed by atoms with Crippen molar-refractivity contribution in [3.8, 4) is 0 Å². The van der Waals surface area contributed by atoms with E-state index in [-0.39, 0.29) is 5.56 Å². The summed E-state index contributed by atoms with van der Waals surface area (Å²) in [5.41, 5.74) is 3.43. The number of rotatable bonds is 2. The summed E-state index contributed by atoms with van der Waals surface area (Å²) in [7, 11) is 0. The van der Waals surface area contributed by atoms with Gasteiger partial charge in [0.1, 0.15) is 5.52 Å². The second kappa shape index (κ2) is 4.69. The van der Waals surface area contributed by atoms with E-state index >= 15 is 0 Å². The van der Waals surface area contributed by atoms with Crippen LogP contribution in [-0.4, -0.2) is 38.5 Å². The first-order valence-electron chi connectivity index (χ1n) is 8.39. The highest BCUT2D eigenvalue weighted by Gasteiger charge is 2.44. The van der Waals surface area contributed by atoms with E-state index < -0.39 is 5.97 Å². The number of carboxylic acid groups (broad SMARTS) is 1. The van der Waals surface area contributed by atoms with Gasteiger partial charge in [-0.25, -0.2) is 14.8 Å². The molecule has 6 heteroatoms. The van der Waals surface area contributed by atoms with Crippen LogP contribution in [0.2, 0.25) is 0 Å². The van der Waals surface area contributed by atoms with E-state index in [4.69, 9.17) is 4.98 Å². The van der Waals surface area contributed by atoms with Crippen LogP contribution in [0.5, 0.6) is 0 Å². The van der Waals surface area contributed by atoms with Gasteiger partial charge in [0, 0.05) is 13.1 Å². The largest absolute Gasteiger partial charge is 0.478 e. The molecule has 24 heavy (non-hydrogen) atoms. The fourth-order valence-corrected chi connectivity index (χ4v) is 3.88. The van der Waals surface area contributed by atoms with E-state index in [1.165, 1.54) is 25.7 Å². The van der Waals surface area contributed by atoms with E-state index in [0.29, 0.717) is 10.9 Å². The van der Waals surface area contributed by atoms with Gasteiger partial charge in [-0.15, -0.1) is 0 Å². The summed E-state index contributed by atoms with van der Waals surface area (Å²) in [4.78, 5) is 22.7. The Bertz CT molecular complexity index is 964. The first-order chi connectivity index (χ1) is 11.7. The molecule has 0 bridgehead atoms. The van der Waals surface area contributed by atoms with Crippen molar-refractivity contribution in [2.75, 3.05) is 18.0 Å². The maximum Gasteiger partial charge on any atom is 0.335 e. The number of nitrogens with zero attached hydrogens (tertiary/aromatic N) is 4. The van der Waals surface area contributed by atoms with Gasteiger partial charge >= 0.3 is 5.97 Å². The van der Waals surface area contributed by atoms with Crippen molar-refractivity contribution in [2.24, 2.45) is 5.41 Å². The second-order valence-electron chi connectivity index (χ2n) is 7.08. The van der Waals surface area contributed by atoms with Crippen LogP contribution in [-0.2, 0) is 0 Å². The summed E-state index contributed by atoms with van der Waals surface area (Å²) in [5.74, 6) is -0.0161. The van der Waals surface area contributed by atoms with Gasteiger partial charge in [0.15, 0.2) is 5.82 Å². The Hall–Kier alpha value is -2.63. The molecule has 1 aromatic carbocycles. The SMILES string of the molecule is O=C(O)c1ccc2c(c1)nc(N1CCC3(CC1)CC3)c1cncn12. The molecule has 1 saturated heterocycles. The molecule has 2 aliphatic rings. The van der Waals surface area contributed by atoms with Crippen LogP contribution in [0.1, 0.15) is 36.0 Å². The minimum atomic E-state index is -0.931. The van der Waals surface area contributed by atoms with Gasteiger partial charge in [-0.3, -0.25) is 4.40 Å². The lowest BCUT2D eigenvalue weighted by Crippen LogP contribution is -2.35. The Morgan fingerprint density at radius 2 is 1.92 bits per heavy atom. The molecule has 0 unspecified atom stereocenters. The topological polar surface area (TPSA) is 70.7 Å². The summed E-state index contributed by atoms with van der Waals surface area (Å²) in [6, 6.07) is 5.07. The van der Waals surface area contributed by atoms with Gasteiger partial charge < -0.3 is 10.0 Å². The van der Waals surface area contributed by atoms with E-state index in [1.807, 2.05) is 10.6 Å². The van der Waals surface area contributed by atoms with Crippen LogP contribution in [0.15, 0.2) is 30.7 Å². The Morgan fingerprint density at radius 3 is 2.62 bits per heavy atom. The molecule has 122 valence electrons. The molecule has 3 aromatic rings. The number of fused-ring (bicyclic) bond motifs is 3. The Morgan fingerprint density at radius 1 is 1.12 bits per heavy atom. The van der Waals surface area contributed by atoms with Gasteiger partial charge in [0.25, 0.3) is 0 Å². The average Bonchev–Trinajstić information content (AvgIpc) is 3.16. The molecule has 0 radical (unpaired) electrons. The number of imidazole rings is 1. The van der Waals surface area contributed by atoms with Gasteiger partial charge in [-0.2, -0.15) is 0 Å². The second-order valence-corrected chi connectivity index (χ2v) is 7.08. The molecule has 0 amide bonds. The van der Waals surface area contributed by atoms with Gasteiger partial charge in [-0.05, 0) is 49.3 Å². The number of aromatic nitrogens is 3. The molecule has 3 heterocycles. The number of benzene rings is 1. The molecule has 1 aliphatic heterocycles. The highest BCUT2D eigenvalue weighted by Crippen LogP contribution is 2.54. The molecule has 1 aliphatic carbocycles. The van der Waals surface area contributed by atoms with Gasteiger partial charge in [0.2, 0.25) is 0 Å². The summed E-state index contributed by atoms with van der Waals surface area (Å²) >= 11 is 0. The van der Waals surface area contributed by atoms with E-state index in [2.05, 4.69) is 9.88 Å². The zero-order valence-corrected chi connectivity index (χ0v) is 13.3. The molecule has 2 aromatic heterocycles. The van der Waals surface area contributed by atoms with Crippen LogP contribution >= 0.6 is 0 Å². The predicted molar refractivity (Wildman–Crippen MR) is 90.6 cm³/mol. The van der Waals surface area contributed by atoms with Crippen molar-refractivity contribution in [2.45, 2.75) is 25.7 Å². The zero-order valence-electron chi connectivity index (χ0n) is 13.3. The normalized spacial score (nSPS) is 19.2. The molecule has 1 saturated carbocycles. The standard InChI is InChI=1S/C18H18N4O2/c23-17(24)12-1-2-14-13(9-12)20-16(15-10-19-11-22(14)15)21-7-5-18(3-4-18)6-8-21/h1-2,9-11H,3-8H2,(H,23,24). The molecule has 6 nitrogen and oxygen atoms in total. The first-order valence-corrected chi connectivity index (χ1v) is 8.39. The fraction of sp³-hybridized carbons (Fsp3) is 0.389. The number of carbonyl (C=O) groups is 1. The maximum atomic E-state index is 11.3. The summed E-state index contributed by atoms with van der Waals surface area (Å²) in [6.07, 6.45) is 8.81. The number of piperidine rings is 1. The fourth-order valence-electron chi connectivity index (χ4n) is 3.88. The highest BCUT2D eigenvalue weighted by molar-refractivity contribution is 5.94. The monoisotopic (exact) mass is 322 g/mol. The van der Waals surface area contributed by atoms with Crippen LogP contribution in [0.25, 0.3) is 16.6 Å². The van der Waals surface area contributed by atoms with E-state index in [9.17, 15) is 9.90 Å². The highest BCUT2D eigenvalue weighted by atomic mass is 16.4. The third-order valence-electron chi connectivity index (χ3n) is 5.66. The molecular formula is C18H18N4O2. The summed E-state index contributed by atoms with van der Waals surface area (Å²) in [6.45, 7) is 2.02. The molecule has 2 fully saturated rings. The van der Waals surface area contributed by atoms with Crippen molar-refractivity contribution in [1.29, 1.82) is 0 Å². The van der Waals surface area contributed by atoms with E-state index in [0.717, 1.165) is 29.9 Å². The number of hydrogen-bond acceptors (Lipinski definition) is 4. The Balaban J connectivity index is 1.65. The zero-order chi connectivity index (χ0) is 16.3. The minimum absolute atomic E-state index is 0.260. The van der Waals surface area contributed by atoms with Crippen molar-refractivity contribution >= 4 is 28.3 Å². The van der Waals surface area contributed by atoms with Crippen molar-refractivity contribution < 1.29 is 9.90 Å². The maximum absolute atomic E-state index is 11.3. The number of aromatic carboxylic acids is 1. The predicted octanol–water partition coefficient (Wildman–Crippen LogP) is 2.96. The van der Waals surface area contributed by atoms with Gasteiger partial charge in [0.05, 0.1) is 29.1 Å². The minimum Gasteiger partial charge on any atom is -0.478 e. The average molecular weight is 322 g/mol. The molecular weight excluding hydrogens is 304 g/mol. The molecule has 1 spiro atoms. The van der Waals surface area contributed by atoms with Crippen molar-refractivity contribution in [3.05, 3.63) is 36.3 Å². The summed E-state index contributed by atoms with van der Waals surface area (Å²) < 4.78 is 2.00. The van der Waals surface area contributed by atoms with Crippen LogP contribution in [0.3, 0.4) is 0 Å². The lowest BCUT2D eigenvalue weighted by Gasteiger charge is -2.33. The van der Waals surface area contributed by atoms with Crippen LogP contribution in [0.4, 0.5) is 5.82 Å². The molecule has 5 rings (SSSR count). The number of anilines is 1. The van der Waals surface area contributed by atoms with Gasteiger partial charge in [-0.1, -0.05) is 0 Å². The number of hydrogen-bond donors (Lipinski definition) is 1. The Kier molecular flexibility index (Phi) is 2.69. The van der Waals surface area contributed by atoms with Crippen LogP contribution < -0.4 is 4.90 Å². The van der Waals surface area contributed by atoms with Crippen molar-refractivity contribution in [3.63, 3.8) is 0 Å². The summed E-state index contributed by atoms with van der Waals surface area (Å²) in [5, 5.41) is 9.24. The third kappa shape index (κ3) is 1.99. The lowest BCUT2D eigenvalue weighted by atomic mass is 9.94. The lowest BCUT2D eigenvalue weighted by molar-refractivity contribution is 0.0697. The van der Waals surface area contributed by atoms with Crippen LogP contribution in [0, 0.1) is 5.41 Å². The smallest absolute Gasteiger partial charge is 0.335 e. The first kappa shape index (κ1) is 13.8. The van der Waals surface area contributed by atoms with E-state index in [1.54, 1.807) is 24.5 Å². The number of carboxylic acids is 1. The Labute approximate surface area is 138 Å². The molecule has 0 atom stereocenters. The molecule has 1 N–H and O–H groups in total. The quantitative estimate of drug-likeness (QED) is 0.785.